The van der Waals surface area contributed by atoms with Crippen molar-refractivity contribution in [1.29, 1.82) is 0 Å². The van der Waals surface area contributed by atoms with Crippen LogP contribution in [0.3, 0.4) is 0 Å². The molecule has 2 N–H and O–H groups in total. The van der Waals surface area contributed by atoms with E-state index in [4.69, 9.17) is 10.5 Å². The van der Waals surface area contributed by atoms with Crippen LogP contribution in [0.5, 0.6) is 0 Å². The number of rotatable bonds is 3. The average molecular weight is 266 g/mol. The zero-order valence-electron chi connectivity index (χ0n) is 11.1. The van der Waals surface area contributed by atoms with Gasteiger partial charge in [-0.3, -0.25) is 4.79 Å². The molecule has 0 aromatic heterocycles. The number of nitrogens with two attached hydrogens (primary N) is 1. The maximum absolute atomic E-state index is 13.7. The summed E-state index contributed by atoms with van der Waals surface area (Å²) in [6.45, 7) is 1.90. The molecule has 0 spiro atoms. The largest absolute Gasteiger partial charge is 0.399 e. The predicted octanol–water partition coefficient (Wildman–Crippen LogP) is 1.91. The monoisotopic (exact) mass is 266 g/mol. The third kappa shape index (κ3) is 3.23. The van der Waals surface area contributed by atoms with Crippen molar-refractivity contribution in [3.05, 3.63) is 29.6 Å². The molecule has 1 atom stereocenters. The van der Waals surface area contributed by atoms with Crippen molar-refractivity contribution in [2.24, 2.45) is 5.92 Å². The first-order valence-corrected chi connectivity index (χ1v) is 6.45. The van der Waals surface area contributed by atoms with Gasteiger partial charge in [-0.25, -0.2) is 4.39 Å². The summed E-state index contributed by atoms with van der Waals surface area (Å²) in [4.78, 5) is 14.0. The first-order valence-electron chi connectivity index (χ1n) is 6.45. The summed E-state index contributed by atoms with van der Waals surface area (Å²) in [5, 5.41) is 0. The zero-order valence-corrected chi connectivity index (χ0v) is 11.1. The summed E-state index contributed by atoms with van der Waals surface area (Å²) in [5.74, 6) is -0.481. The van der Waals surface area contributed by atoms with Gasteiger partial charge in [0.25, 0.3) is 5.91 Å². The molecule has 1 amide bonds. The lowest BCUT2D eigenvalue weighted by atomic mass is 9.98. The smallest absolute Gasteiger partial charge is 0.256 e. The number of hydrogen-bond acceptors (Lipinski definition) is 3. The standard InChI is InChI=1S/C14H19FN2O2/c1-19-9-10-3-2-6-17(8-10)14(18)12-7-11(16)4-5-13(12)15/h4-5,7,10H,2-3,6,8-9,16H2,1H3. The molecule has 1 aliphatic rings. The van der Waals surface area contributed by atoms with E-state index in [9.17, 15) is 9.18 Å². The summed E-state index contributed by atoms with van der Waals surface area (Å²) in [6, 6.07) is 4.09. The van der Waals surface area contributed by atoms with E-state index in [0.717, 1.165) is 12.8 Å². The summed E-state index contributed by atoms with van der Waals surface area (Å²) >= 11 is 0. The van der Waals surface area contributed by atoms with Crippen LogP contribution in [0.1, 0.15) is 23.2 Å². The minimum atomic E-state index is -0.520. The van der Waals surface area contributed by atoms with Crippen LogP contribution in [-0.4, -0.2) is 37.6 Å². The van der Waals surface area contributed by atoms with Crippen molar-refractivity contribution in [3.63, 3.8) is 0 Å². The predicted molar refractivity (Wildman–Crippen MR) is 71.3 cm³/mol. The first kappa shape index (κ1) is 13.8. The Labute approximate surface area is 112 Å². The van der Waals surface area contributed by atoms with Gasteiger partial charge in [-0.2, -0.15) is 0 Å². The minimum Gasteiger partial charge on any atom is -0.399 e. The van der Waals surface area contributed by atoms with Crippen molar-refractivity contribution >= 4 is 11.6 Å². The molecule has 104 valence electrons. The fraction of sp³-hybridized carbons (Fsp3) is 0.500. The van der Waals surface area contributed by atoms with Crippen molar-refractivity contribution in [2.75, 3.05) is 32.5 Å². The van der Waals surface area contributed by atoms with E-state index in [-0.39, 0.29) is 11.5 Å². The number of likely N-dealkylation sites (tertiary alicyclic amines) is 1. The number of nitrogens with zero attached hydrogens (tertiary/aromatic N) is 1. The van der Waals surface area contributed by atoms with Gasteiger partial charge in [-0.1, -0.05) is 0 Å². The van der Waals surface area contributed by atoms with Gasteiger partial charge in [-0.15, -0.1) is 0 Å². The van der Waals surface area contributed by atoms with E-state index in [2.05, 4.69) is 0 Å². The number of hydrogen-bond donors (Lipinski definition) is 1. The summed E-state index contributed by atoms with van der Waals surface area (Å²) in [5.41, 5.74) is 6.06. The maximum Gasteiger partial charge on any atom is 0.256 e. The third-order valence-electron chi connectivity index (χ3n) is 3.43. The molecule has 19 heavy (non-hydrogen) atoms. The number of anilines is 1. The van der Waals surface area contributed by atoms with E-state index in [0.29, 0.717) is 31.3 Å². The summed E-state index contributed by atoms with van der Waals surface area (Å²) in [6.07, 6.45) is 1.96. The van der Waals surface area contributed by atoms with E-state index >= 15 is 0 Å². The number of ether oxygens (including phenoxy) is 1. The molecule has 0 radical (unpaired) electrons. The van der Waals surface area contributed by atoms with Gasteiger partial charge in [0.1, 0.15) is 5.82 Å². The Morgan fingerprint density at radius 3 is 3.11 bits per heavy atom. The molecule has 5 heteroatoms. The Bertz CT molecular complexity index is 463. The quantitative estimate of drug-likeness (QED) is 0.850. The molecular formula is C14H19FN2O2. The van der Waals surface area contributed by atoms with E-state index in [1.165, 1.54) is 18.2 Å². The number of amides is 1. The van der Waals surface area contributed by atoms with Gasteiger partial charge in [0.15, 0.2) is 0 Å². The Morgan fingerprint density at radius 1 is 1.58 bits per heavy atom. The lowest BCUT2D eigenvalue weighted by Crippen LogP contribution is -2.41. The van der Waals surface area contributed by atoms with Crippen LogP contribution in [-0.2, 0) is 4.74 Å². The number of carbonyl (C=O) groups excluding carboxylic acids is 1. The van der Waals surface area contributed by atoms with Crippen LogP contribution >= 0.6 is 0 Å². The Hall–Kier alpha value is -1.62. The molecule has 4 nitrogen and oxygen atoms in total. The highest BCUT2D eigenvalue weighted by atomic mass is 19.1. The van der Waals surface area contributed by atoms with Gasteiger partial charge in [-0.05, 0) is 37.0 Å². The van der Waals surface area contributed by atoms with Crippen LogP contribution in [0.4, 0.5) is 10.1 Å². The highest BCUT2D eigenvalue weighted by Crippen LogP contribution is 2.21. The number of benzene rings is 1. The third-order valence-corrected chi connectivity index (χ3v) is 3.43. The van der Waals surface area contributed by atoms with Crippen LogP contribution in [0, 0.1) is 11.7 Å². The molecule has 1 unspecified atom stereocenters. The number of halogens is 1. The van der Waals surface area contributed by atoms with Gasteiger partial charge >= 0.3 is 0 Å². The van der Waals surface area contributed by atoms with Crippen LogP contribution in [0.2, 0.25) is 0 Å². The van der Waals surface area contributed by atoms with E-state index in [1.807, 2.05) is 0 Å². The number of carbonyl (C=O) groups is 1. The topological polar surface area (TPSA) is 55.6 Å². The van der Waals surface area contributed by atoms with Crippen LogP contribution < -0.4 is 5.73 Å². The lowest BCUT2D eigenvalue weighted by Gasteiger charge is -2.32. The molecule has 0 bridgehead atoms. The van der Waals surface area contributed by atoms with E-state index in [1.54, 1.807) is 12.0 Å². The SMILES string of the molecule is COCC1CCCN(C(=O)c2cc(N)ccc2F)C1. The number of nitrogen functional groups attached to an aromatic ring is 1. The molecule has 2 rings (SSSR count). The second kappa shape index (κ2) is 6.02. The molecule has 1 aliphatic heterocycles. The molecule has 1 fully saturated rings. The number of methoxy groups -OCH3 is 1. The van der Waals surface area contributed by atoms with Gasteiger partial charge in [0.2, 0.25) is 0 Å². The van der Waals surface area contributed by atoms with Crippen LogP contribution in [0.25, 0.3) is 0 Å². The fourth-order valence-electron chi connectivity index (χ4n) is 2.50. The Balaban J connectivity index is 2.12. The molecule has 1 saturated heterocycles. The van der Waals surface area contributed by atoms with Crippen molar-refractivity contribution in [3.8, 4) is 0 Å². The maximum atomic E-state index is 13.7. The summed E-state index contributed by atoms with van der Waals surface area (Å²) < 4.78 is 18.8. The molecule has 1 heterocycles. The second-order valence-corrected chi connectivity index (χ2v) is 4.95. The fourth-order valence-corrected chi connectivity index (χ4v) is 2.50. The zero-order chi connectivity index (χ0) is 13.8. The van der Waals surface area contributed by atoms with Crippen LogP contribution in [0.15, 0.2) is 18.2 Å². The minimum absolute atomic E-state index is 0.0538. The lowest BCUT2D eigenvalue weighted by molar-refractivity contribution is 0.0567. The van der Waals surface area contributed by atoms with E-state index < -0.39 is 5.82 Å². The van der Waals surface area contributed by atoms with Gasteiger partial charge in [0.05, 0.1) is 12.2 Å². The van der Waals surface area contributed by atoms with Crippen molar-refractivity contribution in [1.82, 2.24) is 4.90 Å². The Morgan fingerprint density at radius 2 is 2.37 bits per heavy atom. The molecule has 1 aromatic carbocycles. The highest BCUT2D eigenvalue weighted by molar-refractivity contribution is 5.95. The molecule has 0 aliphatic carbocycles. The molecule has 0 saturated carbocycles. The second-order valence-electron chi connectivity index (χ2n) is 4.95. The Kier molecular flexibility index (Phi) is 4.37. The number of piperidine rings is 1. The average Bonchev–Trinajstić information content (AvgIpc) is 2.41. The summed E-state index contributed by atoms with van der Waals surface area (Å²) in [7, 11) is 1.65. The molecule has 1 aromatic rings. The van der Waals surface area contributed by atoms with Gasteiger partial charge < -0.3 is 15.4 Å². The first-order chi connectivity index (χ1) is 9.11. The highest BCUT2D eigenvalue weighted by Gasteiger charge is 2.26. The van der Waals surface area contributed by atoms with Crippen molar-refractivity contribution in [2.45, 2.75) is 12.8 Å². The normalized spacial score (nSPS) is 19.5. The molecular weight excluding hydrogens is 247 g/mol. The van der Waals surface area contributed by atoms with Gasteiger partial charge in [0, 0.05) is 25.9 Å². The van der Waals surface area contributed by atoms with Crippen molar-refractivity contribution < 1.29 is 13.9 Å².